The van der Waals surface area contributed by atoms with Crippen LogP contribution in [0, 0.1) is 76.4 Å². The van der Waals surface area contributed by atoms with Crippen molar-refractivity contribution in [1.29, 1.82) is 0 Å². The Kier molecular flexibility index (Phi) is 25.3. The van der Waals surface area contributed by atoms with Crippen LogP contribution in [0.1, 0.15) is 149 Å². The van der Waals surface area contributed by atoms with Crippen LogP contribution in [0.15, 0.2) is 158 Å². The van der Waals surface area contributed by atoms with Crippen molar-refractivity contribution in [3.63, 3.8) is 0 Å². The van der Waals surface area contributed by atoms with Gasteiger partial charge in [0.25, 0.3) is 22.6 Å². The second-order valence-corrected chi connectivity index (χ2v) is 40.4. The Labute approximate surface area is 839 Å². The number of aryl methyl sites for hydroxylation is 9. The summed E-state index contributed by atoms with van der Waals surface area (Å²) < 4.78 is 118. The van der Waals surface area contributed by atoms with E-state index in [1.54, 1.807) is 137 Å². The van der Waals surface area contributed by atoms with Crippen molar-refractivity contribution in [3.8, 4) is 56.2 Å². The molecule has 6 unspecified atom stereocenters. The Morgan fingerprint density at radius 3 is 1.12 bits per heavy atom. The van der Waals surface area contributed by atoms with Gasteiger partial charge in [-0.05, 0) is 199 Å². The number of anilines is 4. The molecule has 3 fully saturated rings. The van der Waals surface area contributed by atoms with Gasteiger partial charge in [0, 0.05) is 149 Å². The number of pyridine rings is 6. The molecule has 15 heterocycles. The molecule has 3 N–H and O–H groups in total. The lowest BCUT2D eigenvalue weighted by atomic mass is 9.89. The highest BCUT2D eigenvalue weighted by atomic mass is 19.2. The molecule has 6 atom stereocenters. The second kappa shape index (κ2) is 37.3. The van der Waals surface area contributed by atoms with E-state index in [9.17, 15) is 43.2 Å². The number of ether oxygens (including phenoxy) is 1. The van der Waals surface area contributed by atoms with Crippen LogP contribution >= 0.6 is 0 Å². The van der Waals surface area contributed by atoms with E-state index in [2.05, 4.69) is 54.5 Å². The first kappa shape index (κ1) is 99.8. The fraction of sp³-hybridized carbons (Fsp3) is 0.342. The molecule has 6 aromatic carbocycles. The third-order valence-electron chi connectivity index (χ3n) is 30.4. The van der Waals surface area contributed by atoms with Crippen molar-refractivity contribution in [1.82, 2.24) is 72.0 Å². The number of halogens is 6. The zero-order valence-corrected chi connectivity index (χ0v) is 85.2. The lowest BCUT2D eigenvalue weighted by Gasteiger charge is -2.50. The number of fused-ring (bicyclic) bond motifs is 18. The van der Waals surface area contributed by atoms with Gasteiger partial charge in [0.1, 0.15) is 29.2 Å². The van der Waals surface area contributed by atoms with Gasteiger partial charge >= 0.3 is 17.1 Å². The highest BCUT2D eigenvalue weighted by Gasteiger charge is 2.49. The molecule has 760 valence electrons. The third kappa shape index (κ3) is 15.6. The molecule has 0 bridgehead atoms. The first-order chi connectivity index (χ1) is 69.9. The summed E-state index contributed by atoms with van der Waals surface area (Å²) in [5.41, 5.74) is 6.46. The third-order valence-corrected chi connectivity index (χ3v) is 30.4. The first-order valence-corrected chi connectivity index (χ1v) is 49.1. The molecule has 30 nitrogen and oxygen atoms in total. The van der Waals surface area contributed by atoms with Gasteiger partial charge < -0.3 is 54.0 Å². The standard InChI is InChI=1S/C37H37F2N7O4.C37H38F2N6O4.C37H38F2N6O3/c1-9-25(47)44-16-24-35(48)42(7)34-32(45(24)15-20(44)6)21-14-22(38)27(26-18(4)10-11-23-33(26)43(8)37(50)41-23)28(39)31(21)46(36(34)49)30-19(5)12-13-40-29(30)17(2)3;1-8-26(46)43-17-22-12-14-49-35-33(44(22)16-21(43)6)23-15-24(38)28(27-19(4)9-10-25-34(27)42(7)37(48)41-25)29(39)32(23)45(36(35)47)31-20(5)11-13-40-30(31)18(2)3;1-8-27(46)43-17-22-10-11-23-33(44(22)16-21(43)6)24-15-25(38)29(28-19(4)9-12-26-35(28)42(7)37(48)41-26)30(39)34(24)45(36(23)47)32-20(5)13-14-40-31(32)18(2)3/h9-14,17,20,24H,1,15-16H2,2-8H3,(H,41,50);8-11,13,15,18,21-22H,1,12,14,16-17H2,2-7H3,(H,41,48);8-9,12-15,18,21-22H,1,10-11,16-17H2,2-7H3,(H,41,48). The minimum Gasteiger partial charge on any atom is -0.486 e. The van der Waals surface area contributed by atoms with Crippen LogP contribution in [0.4, 0.5) is 49.1 Å². The van der Waals surface area contributed by atoms with Gasteiger partial charge in [0.2, 0.25) is 23.5 Å². The van der Waals surface area contributed by atoms with Crippen molar-refractivity contribution in [3.05, 3.63) is 283 Å². The molecule has 0 spiro atoms. The van der Waals surface area contributed by atoms with Crippen molar-refractivity contribution < 1.29 is 50.3 Å². The van der Waals surface area contributed by atoms with Crippen molar-refractivity contribution in [2.45, 2.75) is 177 Å². The second-order valence-electron chi connectivity index (χ2n) is 40.4. The topological polar surface area (TPSA) is 318 Å². The summed E-state index contributed by atoms with van der Waals surface area (Å²) in [6.45, 7) is 40.4. The summed E-state index contributed by atoms with van der Waals surface area (Å²) in [6, 6.07) is 16.9. The zero-order chi connectivity index (χ0) is 105. The molecule has 0 radical (unpaired) electrons. The summed E-state index contributed by atoms with van der Waals surface area (Å²) in [5.74, 6) is -7.07. The number of benzene rings is 6. The number of piperazine rings is 3. The number of nitrogens with zero attached hydrogens (tertiary/aromatic N) is 16. The van der Waals surface area contributed by atoms with Crippen molar-refractivity contribution >= 4 is 112 Å². The van der Waals surface area contributed by atoms with Gasteiger partial charge in [-0.1, -0.05) is 79.5 Å². The maximum absolute atomic E-state index is 17.8. The van der Waals surface area contributed by atoms with Crippen LogP contribution in [0.25, 0.3) is 116 Å². The minimum atomic E-state index is -1.01. The highest BCUT2D eigenvalue weighted by Crippen LogP contribution is 2.52. The number of likely N-dealkylation sites (N-methyl/N-ethyl adjacent to an activating group) is 1. The normalized spacial score (nSPS) is 17.6. The summed E-state index contributed by atoms with van der Waals surface area (Å²) >= 11 is 0. The van der Waals surface area contributed by atoms with E-state index in [1.807, 2.05) is 74.1 Å². The predicted molar refractivity (Wildman–Crippen MR) is 559 cm³/mol. The Bertz CT molecular complexity index is 8670. The number of aromatic nitrogens is 12. The van der Waals surface area contributed by atoms with Crippen molar-refractivity contribution in [2.24, 2.45) is 21.1 Å². The average molecular weight is 2000 g/mol. The monoisotopic (exact) mass is 2000 g/mol. The number of nitrogens with one attached hydrogen (secondary N) is 3. The Morgan fingerprint density at radius 2 is 0.735 bits per heavy atom. The Morgan fingerprint density at radius 1 is 0.395 bits per heavy atom. The smallest absolute Gasteiger partial charge is 0.326 e. The first-order valence-electron chi connectivity index (χ1n) is 49.1. The van der Waals surface area contributed by atoms with Crippen LogP contribution in [-0.2, 0) is 46.7 Å². The minimum absolute atomic E-state index is 0.00974. The summed E-state index contributed by atoms with van der Waals surface area (Å²) in [6.07, 6.45) is 10.1. The van der Waals surface area contributed by atoms with Crippen LogP contribution in [0.5, 0.6) is 5.75 Å². The lowest BCUT2D eigenvalue weighted by Crippen LogP contribution is -2.66. The molecule has 147 heavy (non-hydrogen) atoms. The van der Waals surface area contributed by atoms with E-state index >= 15 is 31.1 Å². The van der Waals surface area contributed by atoms with E-state index in [0.29, 0.717) is 152 Å². The summed E-state index contributed by atoms with van der Waals surface area (Å²) in [4.78, 5) is 169. The van der Waals surface area contributed by atoms with Gasteiger partial charge in [-0.2, -0.15) is 0 Å². The maximum Gasteiger partial charge on any atom is 0.326 e. The molecule has 15 aromatic rings. The zero-order valence-electron chi connectivity index (χ0n) is 85.2. The van der Waals surface area contributed by atoms with E-state index in [-0.39, 0.29) is 168 Å². The van der Waals surface area contributed by atoms with Crippen LogP contribution in [0.3, 0.4) is 0 Å². The lowest BCUT2D eigenvalue weighted by molar-refractivity contribution is -0.131. The summed E-state index contributed by atoms with van der Waals surface area (Å²) in [5, 5.41) is 0.500. The number of hydrogen-bond donors (Lipinski definition) is 3. The number of carbonyl (C=O) groups is 4. The molecular formula is C111H113F6N19O11. The number of hydrogen-bond acceptors (Lipinski definition) is 17. The molecule has 6 aliphatic rings. The van der Waals surface area contributed by atoms with Gasteiger partial charge in [-0.15, -0.1) is 0 Å². The van der Waals surface area contributed by atoms with E-state index < -0.39 is 86.6 Å². The number of carbonyl (C=O) groups excluding carboxylic acids is 4. The van der Waals surface area contributed by atoms with Gasteiger partial charge in [-0.3, -0.25) is 75.9 Å². The average Bonchev–Trinajstić information content (AvgIpc) is 1.34. The molecule has 0 saturated carbocycles. The van der Waals surface area contributed by atoms with Crippen LogP contribution < -0.4 is 58.1 Å². The molecule has 21 rings (SSSR count). The SMILES string of the molecule is C=CC(=O)N1CC2C(=O)N(C)c3c(c4cc(F)c(-c5c(C)ccc6[nH]c(=O)n(C)c56)c(F)c4n(-c4c(C)ccnc4C(C)C)c3=O)N2CC1C.C=CC(=O)N1CC2CCOc3c(c4cc(F)c(-c5c(C)ccc6[nH]c(=O)n(C)c56)c(F)c4n(-c4c(C)ccnc4C(C)C)c3=O)N2CC1C.C=CC(=O)N1CC2CCc3c(c4cc(F)c(-c5c(C)ccc6[nH]c(=O)n(C)c56)c(F)c4n(-c4c(C)ccnc4C(C)C)c3=O)N2CC1C. The van der Waals surface area contributed by atoms with Gasteiger partial charge in [0.15, 0.2) is 17.5 Å². The molecule has 0 aliphatic carbocycles. The largest absolute Gasteiger partial charge is 0.486 e. The number of imidazole rings is 3. The van der Waals surface area contributed by atoms with Gasteiger partial charge in [-0.25, -0.2) is 40.7 Å². The molecule has 4 amide bonds. The molecular weight excluding hydrogens is 1890 g/mol. The molecule has 9 aromatic heterocycles. The van der Waals surface area contributed by atoms with E-state index in [4.69, 9.17) is 4.74 Å². The Hall–Kier alpha value is -15.9. The van der Waals surface area contributed by atoms with Gasteiger partial charge in [0.05, 0.1) is 137 Å². The fourth-order valence-corrected chi connectivity index (χ4v) is 23.2. The quantitative estimate of drug-likeness (QED) is 0.0756. The Balaban J connectivity index is 0.000000139. The molecule has 6 aliphatic heterocycles. The number of H-pyrrole nitrogens is 3. The van der Waals surface area contributed by atoms with Crippen LogP contribution in [-0.4, -0.2) is 185 Å². The predicted octanol–water partition coefficient (Wildman–Crippen LogP) is 16.2. The van der Waals surface area contributed by atoms with E-state index in [1.165, 1.54) is 87.7 Å². The van der Waals surface area contributed by atoms with Crippen LogP contribution in [0.2, 0.25) is 0 Å². The molecule has 36 heteroatoms. The fourth-order valence-electron chi connectivity index (χ4n) is 23.2. The summed E-state index contributed by atoms with van der Waals surface area (Å²) in [7, 11) is 6.08. The maximum atomic E-state index is 17.8. The van der Waals surface area contributed by atoms with E-state index in [0.717, 1.165) is 5.56 Å². The molecule has 3 saturated heterocycles. The van der Waals surface area contributed by atoms with Crippen molar-refractivity contribution in [2.75, 3.05) is 72.5 Å². The highest BCUT2D eigenvalue weighted by molar-refractivity contribution is 6.14. The number of aromatic amines is 3. The number of amides is 4. The number of rotatable bonds is 12.